The number of nitriles is 1. The van der Waals surface area contributed by atoms with Crippen LogP contribution in [0.4, 0.5) is 0 Å². The zero-order valence-corrected chi connectivity index (χ0v) is 14.6. The van der Waals surface area contributed by atoms with Gasteiger partial charge in [0.1, 0.15) is 0 Å². The first kappa shape index (κ1) is 17.8. The van der Waals surface area contributed by atoms with Crippen LogP contribution in [0, 0.1) is 23.2 Å². The van der Waals surface area contributed by atoms with Crippen molar-refractivity contribution in [3.05, 3.63) is 47.5 Å². The number of rotatable bonds is 8. The number of allylic oxidation sites excluding steroid dienone is 2. The molecule has 1 aliphatic carbocycles. The van der Waals surface area contributed by atoms with Crippen molar-refractivity contribution in [2.75, 3.05) is 0 Å². The van der Waals surface area contributed by atoms with Crippen LogP contribution >= 0.6 is 0 Å². The molecule has 0 spiro atoms. The lowest BCUT2D eigenvalue weighted by Crippen LogP contribution is -2.13. The molecular weight excluding hydrogens is 278 g/mol. The lowest BCUT2D eigenvalue weighted by molar-refractivity contribution is 0.289. The molecule has 1 nitrogen and oxygen atoms in total. The number of hydrogen-bond donors (Lipinski definition) is 0. The van der Waals surface area contributed by atoms with Crippen LogP contribution in [0.2, 0.25) is 0 Å². The van der Waals surface area contributed by atoms with Crippen LogP contribution in [0.15, 0.2) is 36.4 Å². The van der Waals surface area contributed by atoms with Crippen molar-refractivity contribution in [2.45, 2.75) is 71.1 Å². The van der Waals surface area contributed by atoms with Gasteiger partial charge in [-0.15, -0.1) is 0 Å². The van der Waals surface area contributed by atoms with Gasteiger partial charge in [0.25, 0.3) is 0 Å². The Balaban J connectivity index is 1.59. The molecule has 1 fully saturated rings. The van der Waals surface area contributed by atoms with Crippen molar-refractivity contribution in [1.29, 1.82) is 5.26 Å². The molecule has 0 amide bonds. The summed E-state index contributed by atoms with van der Waals surface area (Å²) in [4.78, 5) is 0. The van der Waals surface area contributed by atoms with Gasteiger partial charge >= 0.3 is 0 Å². The predicted octanol–water partition coefficient (Wildman–Crippen LogP) is 6.24. The molecular formula is C22H31N. The van der Waals surface area contributed by atoms with Gasteiger partial charge in [0.2, 0.25) is 0 Å². The van der Waals surface area contributed by atoms with E-state index < -0.39 is 0 Å². The smallest absolute Gasteiger partial charge is 0.0908 e. The van der Waals surface area contributed by atoms with Crippen molar-refractivity contribution < 1.29 is 0 Å². The molecule has 2 rings (SSSR count). The van der Waals surface area contributed by atoms with Crippen LogP contribution in [-0.4, -0.2) is 0 Å². The van der Waals surface area contributed by atoms with E-state index in [0.717, 1.165) is 5.92 Å². The van der Waals surface area contributed by atoms with E-state index in [1.165, 1.54) is 75.3 Å². The summed E-state index contributed by atoms with van der Waals surface area (Å²) in [5.41, 5.74) is 2.97. The molecule has 0 bridgehead atoms. The highest BCUT2D eigenvalue weighted by Crippen LogP contribution is 2.32. The lowest BCUT2D eigenvalue weighted by atomic mass is 9.79. The van der Waals surface area contributed by atoms with Crippen LogP contribution in [0.5, 0.6) is 0 Å². The number of aryl methyl sites for hydroxylation is 2. The molecule has 1 aromatic rings. The summed E-state index contributed by atoms with van der Waals surface area (Å²) in [7, 11) is 0. The molecule has 1 saturated carbocycles. The Labute approximate surface area is 142 Å². The van der Waals surface area contributed by atoms with Gasteiger partial charge in [0, 0.05) is 6.08 Å². The summed E-state index contributed by atoms with van der Waals surface area (Å²) in [6, 6.07) is 11.3. The predicted molar refractivity (Wildman–Crippen MR) is 98.2 cm³/mol. The third kappa shape index (κ3) is 6.61. The van der Waals surface area contributed by atoms with Crippen LogP contribution in [-0.2, 0) is 12.8 Å². The molecule has 0 atom stereocenters. The minimum absolute atomic E-state index is 0.660. The van der Waals surface area contributed by atoms with Crippen molar-refractivity contribution in [3.8, 4) is 6.07 Å². The van der Waals surface area contributed by atoms with Gasteiger partial charge < -0.3 is 0 Å². The Morgan fingerprint density at radius 3 is 2.26 bits per heavy atom. The van der Waals surface area contributed by atoms with E-state index in [2.05, 4.69) is 43.3 Å². The second-order valence-electron chi connectivity index (χ2n) is 7.08. The molecule has 0 aromatic heterocycles. The third-order valence-electron chi connectivity index (χ3n) is 5.22. The fourth-order valence-corrected chi connectivity index (χ4v) is 3.77. The van der Waals surface area contributed by atoms with Gasteiger partial charge in [0.05, 0.1) is 6.07 Å². The SMILES string of the molecule is CCCc1ccc(CCCCC2CCC(C=CC#N)CC2)cc1. The van der Waals surface area contributed by atoms with E-state index in [1.54, 1.807) is 6.08 Å². The van der Waals surface area contributed by atoms with Gasteiger partial charge in [-0.25, -0.2) is 0 Å². The molecule has 124 valence electrons. The average molecular weight is 309 g/mol. The Kier molecular flexibility index (Phi) is 7.95. The standard InChI is InChI=1S/C22H31N/c1-2-6-19-10-12-20(13-11-19)7-3-4-8-21-14-16-22(17-15-21)9-5-18-23/h5,9-13,21-22H,2-4,6-8,14-17H2,1H3. The van der Waals surface area contributed by atoms with Crippen LogP contribution in [0.25, 0.3) is 0 Å². The fourth-order valence-electron chi connectivity index (χ4n) is 3.77. The number of benzene rings is 1. The maximum atomic E-state index is 8.59. The first-order valence-corrected chi connectivity index (χ1v) is 9.46. The number of unbranched alkanes of at least 4 members (excludes halogenated alkanes) is 1. The molecule has 1 aliphatic rings. The van der Waals surface area contributed by atoms with E-state index >= 15 is 0 Å². The van der Waals surface area contributed by atoms with E-state index in [-0.39, 0.29) is 0 Å². The Hall–Kier alpha value is -1.55. The van der Waals surface area contributed by atoms with Crippen molar-refractivity contribution in [1.82, 2.24) is 0 Å². The van der Waals surface area contributed by atoms with Crippen LogP contribution in [0.3, 0.4) is 0 Å². The summed E-state index contributed by atoms with van der Waals surface area (Å²) in [5, 5.41) is 8.59. The van der Waals surface area contributed by atoms with Crippen LogP contribution < -0.4 is 0 Å². The highest BCUT2D eigenvalue weighted by Gasteiger charge is 2.18. The maximum Gasteiger partial charge on any atom is 0.0908 e. The number of hydrogen-bond acceptors (Lipinski definition) is 1. The minimum Gasteiger partial charge on any atom is -0.193 e. The topological polar surface area (TPSA) is 23.8 Å². The minimum atomic E-state index is 0.660. The summed E-state index contributed by atoms with van der Waals surface area (Å²) in [5.74, 6) is 1.58. The zero-order chi connectivity index (χ0) is 16.3. The molecule has 0 unspecified atom stereocenters. The molecule has 0 N–H and O–H groups in total. The van der Waals surface area contributed by atoms with Crippen molar-refractivity contribution >= 4 is 0 Å². The van der Waals surface area contributed by atoms with Crippen LogP contribution in [0.1, 0.15) is 69.4 Å². The van der Waals surface area contributed by atoms with Gasteiger partial charge in [-0.2, -0.15) is 5.26 Å². The molecule has 0 aliphatic heterocycles. The molecule has 1 aromatic carbocycles. The quantitative estimate of drug-likeness (QED) is 0.412. The van der Waals surface area contributed by atoms with E-state index in [0.29, 0.717) is 5.92 Å². The van der Waals surface area contributed by atoms with Crippen molar-refractivity contribution in [2.24, 2.45) is 11.8 Å². The van der Waals surface area contributed by atoms with E-state index in [9.17, 15) is 0 Å². The monoisotopic (exact) mass is 309 g/mol. The van der Waals surface area contributed by atoms with E-state index in [4.69, 9.17) is 5.26 Å². The molecule has 0 radical (unpaired) electrons. The first-order valence-electron chi connectivity index (χ1n) is 9.46. The van der Waals surface area contributed by atoms with Gasteiger partial charge in [0.15, 0.2) is 0 Å². The second-order valence-corrected chi connectivity index (χ2v) is 7.08. The maximum absolute atomic E-state index is 8.59. The summed E-state index contributed by atoms with van der Waals surface area (Å²) in [6.07, 6.45) is 16.8. The summed E-state index contributed by atoms with van der Waals surface area (Å²) in [6.45, 7) is 2.24. The second kappa shape index (κ2) is 10.3. The van der Waals surface area contributed by atoms with Gasteiger partial charge in [-0.1, -0.05) is 56.5 Å². The van der Waals surface area contributed by atoms with E-state index in [1.807, 2.05) is 0 Å². The van der Waals surface area contributed by atoms with Crippen molar-refractivity contribution in [3.63, 3.8) is 0 Å². The first-order chi connectivity index (χ1) is 11.3. The normalized spacial score (nSPS) is 21.4. The Bertz CT molecular complexity index is 498. The highest BCUT2D eigenvalue weighted by molar-refractivity contribution is 5.22. The Morgan fingerprint density at radius 1 is 1.00 bits per heavy atom. The fraction of sp³-hybridized carbons (Fsp3) is 0.591. The Morgan fingerprint density at radius 2 is 1.65 bits per heavy atom. The largest absolute Gasteiger partial charge is 0.193 e. The molecule has 0 saturated heterocycles. The highest BCUT2D eigenvalue weighted by atomic mass is 14.3. The van der Waals surface area contributed by atoms with Gasteiger partial charge in [-0.05, 0) is 67.9 Å². The summed E-state index contributed by atoms with van der Waals surface area (Å²) < 4.78 is 0. The molecule has 0 heterocycles. The zero-order valence-electron chi connectivity index (χ0n) is 14.6. The third-order valence-corrected chi connectivity index (χ3v) is 5.22. The molecule has 23 heavy (non-hydrogen) atoms. The van der Waals surface area contributed by atoms with Gasteiger partial charge in [-0.3, -0.25) is 0 Å². The summed E-state index contributed by atoms with van der Waals surface area (Å²) >= 11 is 0. The lowest BCUT2D eigenvalue weighted by Gasteiger charge is -2.26. The average Bonchev–Trinajstić information content (AvgIpc) is 2.59. The molecule has 1 heteroatoms. The number of nitrogens with zero attached hydrogens (tertiary/aromatic N) is 1.